The van der Waals surface area contributed by atoms with Crippen LogP contribution in [0.2, 0.25) is 0 Å². The first-order valence-corrected chi connectivity index (χ1v) is 29.1. The van der Waals surface area contributed by atoms with Crippen LogP contribution in [0.25, 0.3) is 0 Å². The van der Waals surface area contributed by atoms with E-state index in [4.69, 9.17) is 14.2 Å². The molecule has 6 heteroatoms. The van der Waals surface area contributed by atoms with E-state index >= 15 is 0 Å². The van der Waals surface area contributed by atoms with Crippen LogP contribution in [-0.2, 0) is 28.6 Å². The second-order valence-electron chi connectivity index (χ2n) is 19.2. The first kappa shape index (κ1) is 65.6. The van der Waals surface area contributed by atoms with Gasteiger partial charge in [-0.1, -0.05) is 228 Å². The quantitative estimate of drug-likeness (QED) is 0.0262. The van der Waals surface area contributed by atoms with E-state index in [0.29, 0.717) is 12.8 Å². The molecule has 0 spiro atoms. The molecule has 0 radical (unpaired) electrons. The molecule has 0 rings (SSSR count). The number of unbranched alkanes of at least 4 members (excludes halogenated alkanes) is 27. The molecule has 0 bridgehead atoms. The molecule has 0 aromatic heterocycles. The highest BCUT2D eigenvalue weighted by Crippen LogP contribution is 2.14. The molecule has 0 aliphatic carbocycles. The highest BCUT2D eigenvalue weighted by Gasteiger charge is 2.19. The van der Waals surface area contributed by atoms with Crippen molar-refractivity contribution in [2.45, 2.75) is 284 Å². The van der Waals surface area contributed by atoms with Crippen molar-refractivity contribution in [1.29, 1.82) is 0 Å². The molecule has 1 atom stereocenters. The van der Waals surface area contributed by atoms with Crippen LogP contribution < -0.4 is 0 Å². The molecule has 0 aliphatic heterocycles. The summed E-state index contributed by atoms with van der Waals surface area (Å²) in [5, 5.41) is 0. The zero-order valence-corrected chi connectivity index (χ0v) is 45.3. The van der Waals surface area contributed by atoms with Gasteiger partial charge in [-0.05, 0) is 116 Å². The fourth-order valence-electron chi connectivity index (χ4n) is 7.99. The minimum absolute atomic E-state index is 0.0945. The number of esters is 3. The normalized spacial score (nSPS) is 12.7. The molecule has 0 heterocycles. The number of rotatable bonds is 52. The van der Waals surface area contributed by atoms with E-state index in [0.717, 1.165) is 103 Å². The van der Waals surface area contributed by atoms with Crippen LogP contribution in [0.4, 0.5) is 0 Å². The summed E-state index contributed by atoms with van der Waals surface area (Å²) in [5.74, 6) is -0.933. The van der Waals surface area contributed by atoms with Gasteiger partial charge in [0.05, 0.1) is 0 Å². The number of hydrogen-bond acceptors (Lipinski definition) is 6. The van der Waals surface area contributed by atoms with E-state index in [1.165, 1.54) is 135 Å². The van der Waals surface area contributed by atoms with Gasteiger partial charge in [0, 0.05) is 19.3 Å². The van der Waals surface area contributed by atoms with Crippen LogP contribution in [0.1, 0.15) is 278 Å². The van der Waals surface area contributed by atoms with Gasteiger partial charge in [0.25, 0.3) is 0 Å². The average molecular weight is 962 g/mol. The Balaban J connectivity index is 4.47. The van der Waals surface area contributed by atoms with E-state index < -0.39 is 6.10 Å². The Kier molecular flexibility index (Phi) is 54.3. The van der Waals surface area contributed by atoms with Gasteiger partial charge in [0.1, 0.15) is 13.2 Å². The third-order valence-corrected chi connectivity index (χ3v) is 12.4. The third kappa shape index (κ3) is 55.4. The Labute approximate surface area is 426 Å². The highest BCUT2D eigenvalue weighted by molar-refractivity contribution is 5.71. The number of carbonyl (C=O) groups excluding carboxylic acids is 3. The molecule has 396 valence electrons. The van der Waals surface area contributed by atoms with Gasteiger partial charge < -0.3 is 14.2 Å². The molecule has 0 saturated heterocycles. The van der Waals surface area contributed by atoms with E-state index in [-0.39, 0.29) is 37.5 Å². The summed E-state index contributed by atoms with van der Waals surface area (Å²) in [5.41, 5.74) is 0. The molecule has 6 nitrogen and oxygen atoms in total. The molecule has 0 amide bonds. The van der Waals surface area contributed by atoms with Crippen LogP contribution in [-0.4, -0.2) is 37.2 Å². The monoisotopic (exact) mass is 961 g/mol. The van der Waals surface area contributed by atoms with E-state index in [9.17, 15) is 14.4 Å². The van der Waals surface area contributed by atoms with Gasteiger partial charge in [-0.15, -0.1) is 0 Å². The zero-order valence-electron chi connectivity index (χ0n) is 45.3. The Morgan fingerprint density at radius 1 is 0.304 bits per heavy atom. The second-order valence-corrected chi connectivity index (χ2v) is 19.2. The van der Waals surface area contributed by atoms with Gasteiger partial charge in [-0.2, -0.15) is 0 Å². The maximum Gasteiger partial charge on any atom is 0.306 e. The van der Waals surface area contributed by atoms with Gasteiger partial charge in [-0.3, -0.25) is 14.4 Å². The molecule has 69 heavy (non-hydrogen) atoms. The van der Waals surface area contributed by atoms with Crippen LogP contribution in [0, 0.1) is 0 Å². The summed E-state index contributed by atoms with van der Waals surface area (Å²) in [6.45, 7) is 6.49. The maximum absolute atomic E-state index is 12.9. The van der Waals surface area contributed by atoms with Gasteiger partial charge >= 0.3 is 17.9 Å². The lowest BCUT2D eigenvalue weighted by atomic mass is 10.1. The minimum Gasteiger partial charge on any atom is -0.462 e. The van der Waals surface area contributed by atoms with Crippen molar-refractivity contribution < 1.29 is 28.6 Å². The zero-order chi connectivity index (χ0) is 50.0. The maximum atomic E-state index is 12.9. The van der Waals surface area contributed by atoms with Gasteiger partial charge in [-0.25, -0.2) is 0 Å². The second kappa shape index (κ2) is 57.2. The lowest BCUT2D eigenvalue weighted by molar-refractivity contribution is -0.167. The predicted octanol–water partition coefficient (Wildman–Crippen LogP) is 19.5. The number of allylic oxidation sites excluding steroid dienone is 14. The fourth-order valence-corrected chi connectivity index (χ4v) is 7.99. The lowest BCUT2D eigenvalue weighted by Gasteiger charge is -2.18. The van der Waals surface area contributed by atoms with Crippen LogP contribution in [0.15, 0.2) is 85.1 Å². The first-order chi connectivity index (χ1) is 34.0. The minimum atomic E-state index is -0.800. The van der Waals surface area contributed by atoms with Gasteiger partial charge in [0.2, 0.25) is 0 Å². The van der Waals surface area contributed by atoms with E-state index in [1.54, 1.807) is 0 Å². The Hall–Kier alpha value is -3.41. The number of hydrogen-bond donors (Lipinski definition) is 0. The highest BCUT2D eigenvalue weighted by atomic mass is 16.6. The average Bonchev–Trinajstić information content (AvgIpc) is 3.35. The van der Waals surface area contributed by atoms with Crippen molar-refractivity contribution in [2.24, 2.45) is 0 Å². The summed E-state index contributed by atoms with van der Waals surface area (Å²) in [7, 11) is 0. The smallest absolute Gasteiger partial charge is 0.306 e. The summed E-state index contributed by atoms with van der Waals surface area (Å²) >= 11 is 0. The lowest BCUT2D eigenvalue weighted by Crippen LogP contribution is -2.30. The van der Waals surface area contributed by atoms with Crippen molar-refractivity contribution >= 4 is 17.9 Å². The summed E-state index contributed by atoms with van der Waals surface area (Å²) in [4.78, 5) is 38.2. The topological polar surface area (TPSA) is 78.9 Å². The first-order valence-electron chi connectivity index (χ1n) is 29.1. The van der Waals surface area contributed by atoms with Crippen LogP contribution in [0.3, 0.4) is 0 Å². The Bertz CT molecular complexity index is 1330. The molecule has 0 N–H and O–H groups in total. The van der Waals surface area contributed by atoms with E-state index in [2.05, 4.69) is 106 Å². The van der Waals surface area contributed by atoms with Crippen molar-refractivity contribution in [3.63, 3.8) is 0 Å². The molecule has 0 aliphatic rings. The third-order valence-electron chi connectivity index (χ3n) is 12.4. The number of carbonyl (C=O) groups is 3. The number of ether oxygens (including phenoxy) is 3. The summed E-state index contributed by atoms with van der Waals surface area (Å²) in [6, 6.07) is 0. The van der Waals surface area contributed by atoms with E-state index in [1.807, 2.05) is 0 Å². The standard InChI is InChI=1S/C63H108O6/c1-4-7-10-13-16-19-22-25-28-30-31-33-36-39-42-45-48-51-54-57-63(66)69-60(58-67-61(64)55-52-49-46-43-40-37-34-27-24-21-18-15-12-9-6-3)59-68-62(65)56-53-50-47-44-41-38-35-32-29-26-23-20-17-14-11-8-5-2/h7,10,16,19,25-29,31,33-34,39,42,60H,4-6,8-9,11-15,17-18,20-24,30,32,35-38,40-41,43-59H2,1-3H3/b10-7-,19-16-,28-25-,29-26-,33-31-,34-27-,42-39-/t60-/m0/s1. The van der Waals surface area contributed by atoms with Gasteiger partial charge in [0.15, 0.2) is 6.10 Å². The van der Waals surface area contributed by atoms with Crippen molar-refractivity contribution in [1.82, 2.24) is 0 Å². The SMILES string of the molecule is CC/C=C\C/C=C\C/C=C\C/C=C\C/C=C\CCCCCC(=O)O[C@@H](COC(=O)CCCCCCC/C=C\CCCCCCCC)COC(=O)CCCCCCCCC/C=C\CCCCCCCC. The van der Waals surface area contributed by atoms with Crippen molar-refractivity contribution in [3.05, 3.63) is 85.1 Å². The Morgan fingerprint density at radius 2 is 0.565 bits per heavy atom. The molecule has 0 unspecified atom stereocenters. The molecule has 0 aromatic rings. The summed E-state index contributed by atoms with van der Waals surface area (Å²) in [6.07, 6.45) is 74.3. The van der Waals surface area contributed by atoms with Crippen LogP contribution >= 0.6 is 0 Å². The molecular weight excluding hydrogens is 853 g/mol. The van der Waals surface area contributed by atoms with Crippen molar-refractivity contribution in [2.75, 3.05) is 13.2 Å². The fraction of sp³-hybridized carbons (Fsp3) is 0.730. The van der Waals surface area contributed by atoms with Crippen LogP contribution in [0.5, 0.6) is 0 Å². The molecule has 0 saturated carbocycles. The largest absolute Gasteiger partial charge is 0.462 e. The predicted molar refractivity (Wildman–Crippen MR) is 297 cm³/mol. The van der Waals surface area contributed by atoms with Crippen molar-refractivity contribution in [3.8, 4) is 0 Å². The molecular formula is C63H108O6. The summed E-state index contributed by atoms with van der Waals surface area (Å²) < 4.78 is 16.8. The Morgan fingerprint density at radius 3 is 0.913 bits per heavy atom. The molecule has 0 fully saturated rings. The molecule has 0 aromatic carbocycles.